The van der Waals surface area contributed by atoms with Gasteiger partial charge in [-0.3, -0.25) is 4.98 Å². The third kappa shape index (κ3) is 2.27. The van der Waals surface area contributed by atoms with Crippen LogP contribution in [-0.4, -0.2) is 11.0 Å². The van der Waals surface area contributed by atoms with Crippen molar-refractivity contribution in [2.75, 3.05) is 0 Å². The van der Waals surface area contributed by atoms with Gasteiger partial charge in [0.05, 0.1) is 16.0 Å². The minimum atomic E-state index is -0.458. The number of nitriles is 1. The zero-order chi connectivity index (χ0) is 11.4. The molecule has 2 rings (SSSR count). The second-order valence-corrected chi connectivity index (χ2v) is 4.71. The van der Waals surface area contributed by atoms with Crippen LogP contribution < -0.4 is 0 Å². The molecule has 6 heteroatoms. The molecule has 0 aliphatic heterocycles. The first-order chi connectivity index (χ1) is 7.81. The number of aromatic nitrogens is 1. The second-order valence-electron chi connectivity index (χ2n) is 2.82. The lowest BCUT2D eigenvalue weighted by Crippen LogP contribution is -2.03. The zero-order valence-corrected chi connectivity index (χ0v) is 9.68. The Balaban J connectivity index is 2.02. The van der Waals surface area contributed by atoms with Crippen LogP contribution >= 0.6 is 22.7 Å². The van der Waals surface area contributed by atoms with Gasteiger partial charge in [-0.25, -0.2) is 4.79 Å². The molecule has 0 aliphatic rings. The molecule has 4 nitrogen and oxygen atoms in total. The van der Waals surface area contributed by atoms with Crippen LogP contribution in [0.25, 0.3) is 0 Å². The minimum absolute atomic E-state index is 0.201. The summed E-state index contributed by atoms with van der Waals surface area (Å²) in [6, 6.07) is 3.55. The lowest BCUT2D eigenvalue weighted by Gasteiger charge is -2.00. The number of hydrogen-bond donors (Lipinski definition) is 0. The molecule has 0 saturated heterocycles. The molecule has 0 unspecified atom stereocenters. The topological polar surface area (TPSA) is 63.0 Å². The van der Waals surface area contributed by atoms with Gasteiger partial charge in [-0.05, 0) is 11.4 Å². The van der Waals surface area contributed by atoms with Crippen molar-refractivity contribution in [3.8, 4) is 6.07 Å². The summed E-state index contributed by atoms with van der Waals surface area (Å²) < 4.78 is 5.06. The lowest BCUT2D eigenvalue weighted by molar-refractivity contribution is 0.0482. The third-order valence-electron chi connectivity index (χ3n) is 1.80. The van der Waals surface area contributed by atoms with Gasteiger partial charge < -0.3 is 4.74 Å². The van der Waals surface area contributed by atoms with E-state index in [0.717, 1.165) is 4.88 Å². The molecule has 2 aromatic rings. The van der Waals surface area contributed by atoms with E-state index in [1.54, 1.807) is 23.2 Å². The van der Waals surface area contributed by atoms with Crippen molar-refractivity contribution in [1.29, 1.82) is 5.26 Å². The molecule has 0 aliphatic carbocycles. The Morgan fingerprint density at radius 1 is 1.56 bits per heavy atom. The van der Waals surface area contributed by atoms with Gasteiger partial charge in [0.15, 0.2) is 0 Å². The maximum atomic E-state index is 11.6. The summed E-state index contributed by atoms with van der Waals surface area (Å²) in [4.78, 5) is 16.7. The number of nitrogens with zero attached hydrogens (tertiary/aromatic N) is 2. The van der Waals surface area contributed by atoms with Crippen LogP contribution in [0, 0.1) is 11.3 Å². The molecule has 2 aromatic heterocycles. The van der Waals surface area contributed by atoms with E-state index in [9.17, 15) is 4.79 Å². The van der Waals surface area contributed by atoms with Crippen LogP contribution in [-0.2, 0) is 11.3 Å². The fraction of sp³-hybridized carbons (Fsp3) is 0.100. The van der Waals surface area contributed by atoms with E-state index in [1.807, 2.05) is 6.07 Å². The minimum Gasteiger partial charge on any atom is -0.456 e. The van der Waals surface area contributed by atoms with Gasteiger partial charge in [-0.15, -0.1) is 22.7 Å². The maximum absolute atomic E-state index is 11.6. The van der Waals surface area contributed by atoms with Crippen LogP contribution in [0.1, 0.15) is 20.1 Å². The number of rotatable bonds is 3. The number of hydrogen-bond acceptors (Lipinski definition) is 6. The van der Waals surface area contributed by atoms with Crippen molar-refractivity contribution >= 4 is 28.6 Å². The quantitative estimate of drug-likeness (QED) is 0.785. The van der Waals surface area contributed by atoms with Crippen molar-refractivity contribution in [2.24, 2.45) is 0 Å². The molecule has 16 heavy (non-hydrogen) atoms. The Labute approximate surface area is 99.8 Å². The van der Waals surface area contributed by atoms with Crippen molar-refractivity contribution < 1.29 is 9.53 Å². The van der Waals surface area contributed by atoms with E-state index < -0.39 is 5.97 Å². The molecule has 80 valence electrons. The van der Waals surface area contributed by atoms with Crippen LogP contribution in [0.5, 0.6) is 0 Å². The molecule has 0 atom stereocenters. The predicted octanol–water partition coefficient (Wildman–Crippen LogP) is 2.43. The first kappa shape index (κ1) is 10.8. The normalized spacial score (nSPS) is 9.69. The van der Waals surface area contributed by atoms with Crippen molar-refractivity contribution in [1.82, 2.24) is 4.98 Å². The maximum Gasteiger partial charge on any atom is 0.350 e. The van der Waals surface area contributed by atoms with Gasteiger partial charge >= 0.3 is 5.97 Å². The fourth-order valence-corrected chi connectivity index (χ4v) is 2.31. The Morgan fingerprint density at radius 3 is 3.12 bits per heavy atom. The highest BCUT2D eigenvalue weighted by atomic mass is 32.1. The average Bonchev–Trinajstić information content (AvgIpc) is 2.96. The number of esters is 1. The second kappa shape index (κ2) is 4.88. The Morgan fingerprint density at radius 2 is 2.44 bits per heavy atom. The largest absolute Gasteiger partial charge is 0.456 e. The first-order valence-corrected chi connectivity index (χ1v) is 6.09. The number of ether oxygens (including phenoxy) is 1. The van der Waals surface area contributed by atoms with Gasteiger partial charge in [-0.1, -0.05) is 0 Å². The number of thiophene rings is 1. The van der Waals surface area contributed by atoms with Gasteiger partial charge in [-0.2, -0.15) is 5.26 Å². The Kier molecular flexibility index (Phi) is 3.29. The van der Waals surface area contributed by atoms with E-state index in [-0.39, 0.29) is 6.61 Å². The predicted molar refractivity (Wildman–Crippen MR) is 60.3 cm³/mol. The highest BCUT2D eigenvalue weighted by Gasteiger charge is 2.14. The summed E-state index contributed by atoms with van der Waals surface area (Å²) in [5.74, 6) is -0.458. The molecule has 0 radical (unpaired) electrons. The standard InChI is InChI=1S/C10H6N2O2S2/c11-3-7-1-2-15-9(7)10(13)14-5-8-4-12-6-16-8/h1-2,4,6H,5H2. The third-order valence-corrected chi connectivity index (χ3v) is 3.45. The van der Waals surface area contributed by atoms with E-state index in [1.165, 1.54) is 22.7 Å². The summed E-state index contributed by atoms with van der Waals surface area (Å²) in [5, 5.41) is 10.4. The monoisotopic (exact) mass is 250 g/mol. The summed E-state index contributed by atoms with van der Waals surface area (Å²) in [6.07, 6.45) is 1.65. The van der Waals surface area contributed by atoms with Crippen LogP contribution in [0.3, 0.4) is 0 Å². The molecular formula is C10H6N2O2S2. The van der Waals surface area contributed by atoms with Gasteiger partial charge in [0.2, 0.25) is 0 Å². The fourth-order valence-electron chi connectivity index (χ4n) is 1.07. The summed E-state index contributed by atoms with van der Waals surface area (Å²) in [5.41, 5.74) is 2.04. The van der Waals surface area contributed by atoms with E-state index in [0.29, 0.717) is 10.4 Å². The molecular weight excluding hydrogens is 244 g/mol. The molecule has 2 heterocycles. The van der Waals surface area contributed by atoms with E-state index in [2.05, 4.69) is 4.98 Å². The summed E-state index contributed by atoms with van der Waals surface area (Å²) >= 11 is 2.63. The smallest absolute Gasteiger partial charge is 0.350 e. The Bertz CT molecular complexity index is 525. The zero-order valence-electron chi connectivity index (χ0n) is 8.04. The molecule has 0 saturated carbocycles. The number of carbonyl (C=O) groups excluding carboxylic acids is 1. The molecule has 0 spiro atoms. The van der Waals surface area contributed by atoms with Gasteiger partial charge in [0, 0.05) is 6.20 Å². The lowest BCUT2D eigenvalue weighted by atomic mass is 10.3. The first-order valence-electron chi connectivity index (χ1n) is 4.33. The van der Waals surface area contributed by atoms with Crippen LogP contribution in [0.15, 0.2) is 23.2 Å². The van der Waals surface area contributed by atoms with Crippen LogP contribution in [0.2, 0.25) is 0 Å². The van der Waals surface area contributed by atoms with Crippen molar-refractivity contribution in [3.05, 3.63) is 38.5 Å². The van der Waals surface area contributed by atoms with Gasteiger partial charge in [0.1, 0.15) is 17.6 Å². The molecule has 0 bridgehead atoms. The summed E-state index contributed by atoms with van der Waals surface area (Å²) in [7, 11) is 0. The van der Waals surface area contributed by atoms with Crippen molar-refractivity contribution in [2.45, 2.75) is 6.61 Å². The summed E-state index contributed by atoms with van der Waals surface area (Å²) in [6.45, 7) is 0.201. The highest BCUT2D eigenvalue weighted by Crippen LogP contribution is 2.18. The number of thiazole rings is 1. The number of carbonyl (C=O) groups is 1. The Hall–Kier alpha value is -1.71. The molecule has 0 aromatic carbocycles. The highest BCUT2D eigenvalue weighted by molar-refractivity contribution is 7.12. The van der Waals surface area contributed by atoms with Gasteiger partial charge in [0.25, 0.3) is 0 Å². The average molecular weight is 250 g/mol. The SMILES string of the molecule is N#Cc1ccsc1C(=O)OCc1cncs1. The van der Waals surface area contributed by atoms with E-state index >= 15 is 0 Å². The van der Waals surface area contributed by atoms with E-state index in [4.69, 9.17) is 10.00 Å². The molecule has 0 N–H and O–H groups in total. The van der Waals surface area contributed by atoms with Crippen LogP contribution in [0.4, 0.5) is 0 Å². The molecule has 0 amide bonds. The van der Waals surface area contributed by atoms with Crippen molar-refractivity contribution in [3.63, 3.8) is 0 Å². The molecule has 0 fully saturated rings.